The number of carbonyl (C=O) groups excluding carboxylic acids is 1. The van der Waals surface area contributed by atoms with Crippen LogP contribution in [-0.4, -0.2) is 26.3 Å². The molecule has 0 radical (unpaired) electrons. The number of azo groups is 1. The number of carbonyl (C=O) groups is 1. The highest BCUT2D eigenvalue weighted by Crippen LogP contribution is 2.39. The van der Waals surface area contributed by atoms with Crippen LogP contribution in [0.3, 0.4) is 0 Å². The van der Waals surface area contributed by atoms with Crippen molar-refractivity contribution in [3.8, 4) is 5.75 Å². The van der Waals surface area contributed by atoms with Gasteiger partial charge in [0, 0.05) is 11.6 Å². The molecule has 1 aliphatic heterocycles. The first-order valence-electron chi connectivity index (χ1n) is 10.4. The zero-order valence-corrected chi connectivity index (χ0v) is 19.0. The predicted octanol–water partition coefficient (Wildman–Crippen LogP) is 7.36. The Morgan fingerprint density at radius 1 is 1.06 bits per heavy atom. The molecule has 0 spiro atoms. The van der Waals surface area contributed by atoms with E-state index in [1.807, 2.05) is 0 Å². The predicted molar refractivity (Wildman–Crippen MR) is 126 cm³/mol. The Balaban J connectivity index is 1.55. The molecule has 4 rings (SSSR count). The number of nitrogens with zero attached hydrogens (tertiary/aromatic N) is 3. The van der Waals surface area contributed by atoms with Crippen LogP contribution < -0.4 is 0 Å². The van der Waals surface area contributed by atoms with E-state index in [0.29, 0.717) is 20.5 Å². The molecule has 2 aromatic rings. The zero-order valence-electron chi connectivity index (χ0n) is 17.4. The van der Waals surface area contributed by atoms with Gasteiger partial charge in [-0.3, -0.25) is 9.69 Å². The van der Waals surface area contributed by atoms with Crippen LogP contribution in [0.5, 0.6) is 5.75 Å². The number of hydrogen-bond acceptors (Lipinski definition) is 6. The van der Waals surface area contributed by atoms with Gasteiger partial charge < -0.3 is 5.11 Å². The molecule has 0 aromatic heterocycles. The van der Waals surface area contributed by atoms with Crippen LogP contribution in [0.4, 0.5) is 24.5 Å². The molecule has 1 N–H and O–H groups in total. The number of phenols is 1. The number of amides is 1. The quantitative estimate of drug-likeness (QED) is 0.276. The van der Waals surface area contributed by atoms with E-state index in [1.54, 1.807) is 11.0 Å². The van der Waals surface area contributed by atoms with E-state index < -0.39 is 11.7 Å². The van der Waals surface area contributed by atoms with Gasteiger partial charge in [-0.05, 0) is 55.3 Å². The summed E-state index contributed by atoms with van der Waals surface area (Å²) in [7, 11) is 0. The molecule has 33 heavy (non-hydrogen) atoms. The number of hydrogen-bond donors (Lipinski definition) is 1. The lowest BCUT2D eigenvalue weighted by molar-refractivity contribution is -0.137. The third-order valence-corrected chi connectivity index (χ3v) is 6.85. The van der Waals surface area contributed by atoms with Gasteiger partial charge in [-0.25, -0.2) is 0 Å². The van der Waals surface area contributed by atoms with Crippen molar-refractivity contribution in [2.24, 2.45) is 10.2 Å². The van der Waals surface area contributed by atoms with Crippen molar-refractivity contribution in [2.75, 3.05) is 0 Å². The number of rotatable bonds is 4. The molecule has 172 valence electrons. The van der Waals surface area contributed by atoms with Crippen LogP contribution in [0.25, 0.3) is 6.08 Å². The van der Waals surface area contributed by atoms with Gasteiger partial charge >= 0.3 is 6.18 Å². The maximum Gasteiger partial charge on any atom is 0.416 e. The van der Waals surface area contributed by atoms with Gasteiger partial charge in [-0.15, -0.1) is 0 Å². The normalized spacial score (nSPS) is 19.2. The van der Waals surface area contributed by atoms with E-state index in [-0.39, 0.29) is 23.4 Å². The van der Waals surface area contributed by atoms with Crippen molar-refractivity contribution in [3.05, 3.63) is 58.5 Å². The second-order valence-corrected chi connectivity index (χ2v) is 9.51. The molecule has 2 aromatic carbocycles. The molecule has 1 heterocycles. The first kappa shape index (κ1) is 23.4. The zero-order chi connectivity index (χ0) is 23.6. The van der Waals surface area contributed by atoms with Crippen molar-refractivity contribution in [3.63, 3.8) is 0 Å². The fraction of sp³-hybridized carbons (Fsp3) is 0.304. The van der Waals surface area contributed by atoms with Crippen LogP contribution in [0.1, 0.15) is 43.2 Å². The van der Waals surface area contributed by atoms with E-state index in [9.17, 15) is 23.1 Å². The summed E-state index contributed by atoms with van der Waals surface area (Å²) in [5, 5.41) is 18.1. The topological polar surface area (TPSA) is 65.3 Å². The minimum Gasteiger partial charge on any atom is -0.507 e. The molecule has 1 amide bonds. The minimum atomic E-state index is -4.47. The van der Waals surface area contributed by atoms with Crippen LogP contribution in [-0.2, 0) is 11.0 Å². The molecule has 0 bridgehead atoms. The third-order valence-electron chi connectivity index (χ3n) is 5.52. The molecular weight excluding hydrogens is 471 g/mol. The Kier molecular flexibility index (Phi) is 6.85. The number of phenolic OH excluding ortho intramolecular Hbond substituents is 1. The van der Waals surface area contributed by atoms with Crippen LogP contribution in [0, 0.1) is 0 Å². The first-order valence-corrected chi connectivity index (χ1v) is 11.6. The molecule has 1 saturated carbocycles. The van der Waals surface area contributed by atoms with Crippen molar-refractivity contribution in [1.29, 1.82) is 0 Å². The average Bonchev–Trinajstić information content (AvgIpc) is 3.07. The number of thioether (sulfide) groups is 1. The molecule has 1 aliphatic carbocycles. The lowest BCUT2D eigenvalue weighted by Crippen LogP contribution is -2.39. The van der Waals surface area contributed by atoms with Crippen LogP contribution in [0.15, 0.2) is 57.6 Å². The van der Waals surface area contributed by atoms with Crippen molar-refractivity contribution >= 4 is 51.7 Å². The van der Waals surface area contributed by atoms with E-state index in [1.165, 1.54) is 42.1 Å². The van der Waals surface area contributed by atoms with Crippen molar-refractivity contribution in [2.45, 2.75) is 44.3 Å². The average molecular weight is 492 g/mol. The van der Waals surface area contributed by atoms with Gasteiger partial charge in [-0.2, -0.15) is 23.4 Å². The summed E-state index contributed by atoms with van der Waals surface area (Å²) < 4.78 is 39.1. The molecule has 1 saturated heterocycles. The molecule has 0 unspecified atom stereocenters. The van der Waals surface area contributed by atoms with Gasteiger partial charge in [-0.1, -0.05) is 49.3 Å². The van der Waals surface area contributed by atoms with Gasteiger partial charge in [0.2, 0.25) is 0 Å². The number of alkyl halides is 3. The first-order chi connectivity index (χ1) is 15.7. The number of aromatic hydroxyl groups is 1. The highest BCUT2D eigenvalue weighted by Gasteiger charge is 2.37. The number of halogens is 3. The summed E-state index contributed by atoms with van der Waals surface area (Å²) in [6, 6.07) is 9.04. The molecule has 5 nitrogen and oxygen atoms in total. The van der Waals surface area contributed by atoms with Gasteiger partial charge in [0.15, 0.2) is 0 Å². The Morgan fingerprint density at radius 2 is 1.76 bits per heavy atom. The Bertz CT molecular complexity index is 1140. The molecule has 2 aliphatic rings. The lowest BCUT2D eigenvalue weighted by atomic mass is 9.94. The standard InChI is InChI=1S/C23H20F3N3O2S2/c24-23(25,26)15-5-4-6-16(13-15)27-28-17-9-10-19(30)14(11-17)12-20-21(31)29(22(32)33-20)18-7-2-1-3-8-18/h4-6,9-13,18,30H,1-3,7-8H2. The lowest BCUT2D eigenvalue weighted by Gasteiger charge is -2.29. The highest BCUT2D eigenvalue weighted by molar-refractivity contribution is 8.26. The smallest absolute Gasteiger partial charge is 0.416 e. The largest absolute Gasteiger partial charge is 0.507 e. The monoisotopic (exact) mass is 491 g/mol. The fourth-order valence-corrected chi connectivity index (χ4v) is 5.25. The number of thiocarbonyl (C=S) groups is 1. The third kappa shape index (κ3) is 5.44. The number of benzene rings is 2. The van der Waals surface area contributed by atoms with E-state index in [4.69, 9.17) is 12.2 Å². The van der Waals surface area contributed by atoms with Crippen molar-refractivity contribution < 1.29 is 23.1 Å². The Morgan fingerprint density at radius 3 is 2.45 bits per heavy atom. The summed E-state index contributed by atoms with van der Waals surface area (Å²) in [5.74, 6) is -0.233. The summed E-state index contributed by atoms with van der Waals surface area (Å²) in [6.07, 6.45) is 2.24. The SMILES string of the molecule is O=C1C(=Cc2cc(N=Nc3cccc(C(F)(F)F)c3)ccc2O)SC(=S)N1C1CCCCC1. The second-order valence-electron chi connectivity index (χ2n) is 7.83. The maximum atomic E-state index is 13.0. The molecular formula is C23H20F3N3O2S2. The van der Waals surface area contributed by atoms with Crippen molar-refractivity contribution in [1.82, 2.24) is 4.90 Å². The van der Waals surface area contributed by atoms with Crippen LogP contribution in [0.2, 0.25) is 0 Å². The van der Waals surface area contributed by atoms with Gasteiger partial charge in [0.1, 0.15) is 10.1 Å². The summed E-state index contributed by atoms with van der Waals surface area (Å²) in [5.41, 5.74) is -0.100. The van der Waals surface area contributed by atoms with E-state index in [2.05, 4.69) is 10.2 Å². The fourth-order valence-electron chi connectivity index (χ4n) is 3.85. The van der Waals surface area contributed by atoms with E-state index in [0.717, 1.165) is 44.2 Å². The molecule has 10 heteroatoms. The Labute approximate surface area is 198 Å². The van der Waals surface area contributed by atoms with E-state index >= 15 is 0 Å². The summed E-state index contributed by atoms with van der Waals surface area (Å²) in [6.45, 7) is 0. The molecule has 0 atom stereocenters. The Hall–Kier alpha value is -2.72. The van der Waals surface area contributed by atoms with Gasteiger partial charge in [0.05, 0.1) is 21.8 Å². The van der Waals surface area contributed by atoms with Gasteiger partial charge in [0.25, 0.3) is 5.91 Å². The second kappa shape index (κ2) is 9.64. The summed E-state index contributed by atoms with van der Waals surface area (Å²) >= 11 is 6.63. The molecule has 2 fully saturated rings. The minimum absolute atomic E-state index is 0.0489. The maximum absolute atomic E-state index is 13.0. The summed E-state index contributed by atoms with van der Waals surface area (Å²) in [4.78, 5) is 15.1. The van der Waals surface area contributed by atoms with Crippen LogP contribution >= 0.6 is 24.0 Å². The highest BCUT2D eigenvalue weighted by atomic mass is 32.2.